The monoisotopic (exact) mass is 663 g/mol. The van der Waals surface area contributed by atoms with Crippen molar-refractivity contribution in [3.8, 4) is 17.1 Å². The first kappa shape index (κ1) is 34.8. The van der Waals surface area contributed by atoms with Crippen molar-refractivity contribution in [3.05, 3.63) is 65.2 Å². The lowest BCUT2D eigenvalue weighted by atomic mass is 9.63. The quantitative estimate of drug-likeness (QED) is 0.254. The number of hydrogen-bond acceptors (Lipinski definition) is 8. The van der Waals surface area contributed by atoms with Crippen molar-refractivity contribution in [2.75, 3.05) is 31.6 Å². The summed E-state index contributed by atoms with van der Waals surface area (Å²) in [5.74, 6) is 0.212. The molecule has 0 spiro atoms. The maximum atomic E-state index is 14.5. The van der Waals surface area contributed by atoms with Crippen LogP contribution in [-0.2, 0) is 14.8 Å². The molecule has 1 amide bonds. The molecule has 1 saturated carbocycles. The average Bonchev–Trinajstić information content (AvgIpc) is 2.98. The van der Waals surface area contributed by atoms with E-state index < -0.39 is 10.0 Å². The number of rotatable bonds is 10. The third-order valence-electron chi connectivity index (χ3n) is 9.33. The van der Waals surface area contributed by atoms with Gasteiger partial charge in [-0.3, -0.25) is 4.79 Å². The Hall–Kier alpha value is -3.54. The minimum Gasteiger partial charge on any atom is -0.475 e. The molecule has 254 valence electrons. The summed E-state index contributed by atoms with van der Waals surface area (Å²) in [6.07, 6.45) is 3.53. The number of carbonyl (C=O) groups is 1. The number of sulfonamides is 1. The maximum Gasteiger partial charge on any atom is 0.264 e. The number of aryl methyl sites for hydroxylation is 2. The fourth-order valence-corrected chi connectivity index (χ4v) is 8.34. The van der Waals surface area contributed by atoms with Crippen LogP contribution in [0.4, 0.5) is 5.95 Å². The van der Waals surface area contributed by atoms with E-state index in [4.69, 9.17) is 9.47 Å². The van der Waals surface area contributed by atoms with Crippen LogP contribution in [0, 0.1) is 25.2 Å². The lowest BCUT2D eigenvalue weighted by Crippen LogP contribution is -2.54. The third kappa shape index (κ3) is 8.13. The van der Waals surface area contributed by atoms with Crippen molar-refractivity contribution < 1.29 is 22.7 Å². The number of benzene rings is 2. The Labute approximate surface area is 279 Å². The van der Waals surface area contributed by atoms with E-state index in [9.17, 15) is 13.2 Å². The molecular formula is C36H49N5O5S. The summed E-state index contributed by atoms with van der Waals surface area (Å²) in [7, 11) is -2.42. The molecule has 1 aromatic heterocycles. The molecule has 10 nitrogen and oxygen atoms in total. The molecule has 1 aliphatic carbocycles. The number of anilines is 1. The van der Waals surface area contributed by atoms with Gasteiger partial charge in [0.15, 0.2) is 0 Å². The van der Waals surface area contributed by atoms with Crippen LogP contribution < -0.4 is 14.8 Å². The fourth-order valence-electron chi connectivity index (χ4n) is 7.35. The molecule has 11 heteroatoms. The molecule has 3 aromatic rings. The maximum absolute atomic E-state index is 14.5. The highest BCUT2D eigenvalue weighted by Gasteiger charge is 2.43. The minimum absolute atomic E-state index is 0.0323. The van der Waals surface area contributed by atoms with Crippen molar-refractivity contribution in [2.24, 2.45) is 11.3 Å². The molecule has 0 radical (unpaired) electrons. The van der Waals surface area contributed by atoms with Crippen LogP contribution >= 0.6 is 0 Å². The van der Waals surface area contributed by atoms with Crippen LogP contribution in [0.15, 0.2) is 53.4 Å². The highest BCUT2D eigenvalue weighted by atomic mass is 32.2. The topological polar surface area (TPSA) is 123 Å². The standard InChI is InChI=1S/C36H49N5O5S/c1-23(2)16-29-22-46-32-18-31(33-24(3)10-8-11-25(33)4)38-35(39-32)40-47(43,44)30-13-9-12-27(17-30)34(42)41(29)26(5)19-36(6)20-28(21-36)37-14-15-45-7/h8-13,17-18,23,26,28-29,37H,14-16,19-22H2,1-7H3,(H,38,39,40)/t26-,28-,29+,36-/m0/s1. The molecule has 47 heavy (non-hydrogen) atoms. The third-order valence-corrected chi connectivity index (χ3v) is 10.7. The van der Waals surface area contributed by atoms with E-state index in [2.05, 4.69) is 47.7 Å². The molecule has 2 heterocycles. The summed E-state index contributed by atoms with van der Waals surface area (Å²) in [5.41, 5.74) is 3.82. The molecule has 2 aliphatic rings. The van der Waals surface area contributed by atoms with Gasteiger partial charge in [0.1, 0.15) is 6.61 Å². The first-order valence-electron chi connectivity index (χ1n) is 16.5. The SMILES string of the molecule is COCCN[C@H]1C[C@](C)(C[C@H](C)N2C(=O)c3cccc(c3)S(=O)(=O)Nc3nc(cc(-c4c(C)cccc4C)n3)OC[C@H]2CC(C)C)C1. The van der Waals surface area contributed by atoms with E-state index in [-0.39, 0.29) is 52.7 Å². The lowest BCUT2D eigenvalue weighted by Gasteiger charge is -2.49. The van der Waals surface area contributed by atoms with Gasteiger partial charge in [0, 0.05) is 42.9 Å². The van der Waals surface area contributed by atoms with Crippen molar-refractivity contribution >= 4 is 21.9 Å². The summed E-state index contributed by atoms with van der Waals surface area (Å²) in [5, 5.41) is 3.56. The Bertz CT molecular complexity index is 1670. The van der Waals surface area contributed by atoms with E-state index >= 15 is 0 Å². The average molecular weight is 664 g/mol. The number of aromatic nitrogens is 2. The smallest absolute Gasteiger partial charge is 0.264 e. The van der Waals surface area contributed by atoms with Crippen LogP contribution in [0.1, 0.15) is 74.9 Å². The first-order chi connectivity index (χ1) is 22.3. The molecule has 5 rings (SSSR count). The van der Waals surface area contributed by atoms with Crippen LogP contribution in [0.2, 0.25) is 0 Å². The first-order valence-corrected chi connectivity index (χ1v) is 18.0. The van der Waals surface area contributed by atoms with E-state index in [0.29, 0.717) is 30.3 Å². The highest BCUT2D eigenvalue weighted by Crippen LogP contribution is 2.45. The van der Waals surface area contributed by atoms with Crippen LogP contribution in [0.25, 0.3) is 11.3 Å². The zero-order valence-electron chi connectivity index (χ0n) is 28.7. The Kier molecular flexibility index (Phi) is 10.6. The minimum atomic E-state index is -4.13. The van der Waals surface area contributed by atoms with Gasteiger partial charge in [0.05, 0.1) is 23.2 Å². The molecule has 2 N–H and O–H groups in total. The Morgan fingerprint density at radius 1 is 1.09 bits per heavy atom. The largest absolute Gasteiger partial charge is 0.475 e. The number of nitrogens with zero attached hydrogens (tertiary/aromatic N) is 3. The lowest BCUT2D eigenvalue weighted by molar-refractivity contribution is 0.0188. The number of carbonyl (C=O) groups excluding carboxylic acids is 1. The van der Waals surface area contributed by atoms with Gasteiger partial charge < -0.3 is 19.7 Å². The predicted octanol–water partition coefficient (Wildman–Crippen LogP) is 5.99. The van der Waals surface area contributed by atoms with Gasteiger partial charge in [-0.2, -0.15) is 4.98 Å². The summed E-state index contributed by atoms with van der Waals surface area (Å²) in [6, 6.07) is 14.0. The number of amides is 1. The molecule has 1 fully saturated rings. The molecule has 0 unspecified atom stereocenters. The molecule has 4 bridgehead atoms. The van der Waals surface area contributed by atoms with E-state index in [1.165, 1.54) is 12.1 Å². The Morgan fingerprint density at radius 3 is 2.47 bits per heavy atom. The van der Waals surface area contributed by atoms with Gasteiger partial charge in [0.25, 0.3) is 15.9 Å². The van der Waals surface area contributed by atoms with Crippen molar-refractivity contribution in [3.63, 3.8) is 0 Å². The van der Waals surface area contributed by atoms with Crippen molar-refractivity contribution in [2.45, 2.75) is 90.2 Å². The zero-order valence-corrected chi connectivity index (χ0v) is 29.5. The molecule has 2 atom stereocenters. The van der Waals surface area contributed by atoms with Crippen molar-refractivity contribution in [1.29, 1.82) is 0 Å². The predicted molar refractivity (Wildman–Crippen MR) is 184 cm³/mol. The van der Waals surface area contributed by atoms with Crippen LogP contribution in [0.5, 0.6) is 5.88 Å². The summed E-state index contributed by atoms with van der Waals surface area (Å²) in [4.78, 5) is 25.5. The van der Waals surface area contributed by atoms with Crippen LogP contribution in [0.3, 0.4) is 0 Å². The van der Waals surface area contributed by atoms with Gasteiger partial charge in [-0.15, -0.1) is 0 Å². The fraction of sp³-hybridized carbons (Fsp3) is 0.528. The van der Waals surface area contributed by atoms with Crippen LogP contribution in [-0.4, -0.2) is 74.2 Å². The van der Waals surface area contributed by atoms with E-state index in [1.54, 1.807) is 25.3 Å². The van der Waals surface area contributed by atoms with Gasteiger partial charge >= 0.3 is 0 Å². The van der Waals surface area contributed by atoms with Gasteiger partial charge in [-0.25, -0.2) is 18.1 Å². The molecular weight excluding hydrogens is 614 g/mol. The second-order valence-corrected chi connectivity index (χ2v) is 15.7. The van der Waals surface area contributed by atoms with Gasteiger partial charge in [0.2, 0.25) is 11.8 Å². The summed E-state index contributed by atoms with van der Waals surface area (Å²) in [6.45, 7) is 14.3. The van der Waals surface area contributed by atoms with E-state index in [0.717, 1.165) is 42.5 Å². The Balaban J connectivity index is 1.55. The zero-order chi connectivity index (χ0) is 33.9. The molecule has 0 saturated heterocycles. The number of nitrogens with one attached hydrogen (secondary N) is 2. The normalized spacial score (nSPS) is 23.1. The summed E-state index contributed by atoms with van der Waals surface area (Å²) < 4.78 is 41.5. The Morgan fingerprint density at radius 2 is 1.79 bits per heavy atom. The highest BCUT2D eigenvalue weighted by molar-refractivity contribution is 7.92. The van der Waals surface area contributed by atoms with Crippen molar-refractivity contribution in [1.82, 2.24) is 20.2 Å². The number of hydrogen-bond donors (Lipinski definition) is 2. The van der Waals surface area contributed by atoms with Gasteiger partial charge in [-0.1, -0.05) is 45.0 Å². The molecule has 1 aliphatic heterocycles. The number of methoxy groups -OCH3 is 1. The summed E-state index contributed by atoms with van der Waals surface area (Å²) >= 11 is 0. The second-order valence-electron chi connectivity index (χ2n) is 14.0. The number of fused-ring (bicyclic) bond motifs is 4. The molecule has 2 aromatic carbocycles. The number of ether oxygens (including phenoxy) is 2. The second kappa shape index (κ2) is 14.3. The van der Waals surface area contributed by atoms with Gasteiger partial charge in [-0.05, 0) is 87.1 Å². The van der Waals surface area contributed by atoms with E-state index in [1.807, 2.05) is 36.9 Å².